The number of aromatic hydroxyl groups is 1. The van der Waals surface area contributed by atoms with Gasteiger partial charge in [-0.1, -0.05) is 68.5 Å². The van der Waals surface area contributed by atoms with Gasteiger partial charge in [0, 0.05) is 26.2 Å². The summed E-state index contributed by atoms with van der Waals surface area (Å²) in [5.41, 5.74) is 11.6. The molecule has 3 rings (SSSR count). The Balaban J connectivity index is 0.00000925. The molecule has 404 valence electrons. The second-order valence-corrected chi connectivity index (χ2v) is 16.1. The van der Waals surface area contributed by atoms with Gasteiger partial charge in [-0.2, -0.15) is 0 Å². The van der Waals surface area contributed by atoms with E-state index in [1.807, 2.05) is 13.8 Å². The average Bonchev–Trinajstić information content (AvgIpc) is 3.34. The van der Waals surface area contributed by atoms with Gasteiger partial charge in [-0.25, -0.2) is 0 Å². The fourth-order valence-electron chi connectivity index (χ4n) is 6.63. The van der Waals surface area contributed by atoms with Gasteiger partial charge < -0.3 is 78.8 Å². The van der Waals surface area contributed by atoms with E-state index in [4.69, 9.17) is 20.9 Å². The number of phenolic OH excluding ortho intramolecular Hbond substituents is 1. The normalized spacial score (nSPS) is 22.9. The predicted octanol–water partition coefficient (Wildman–Crippen LogP) is -3.96. The molecular weight excluding hydrogens is 977 g/mol. The minimum Gasteiger partial charge on any atom is -0.508 e. The number of carbonyl (C=O) groups is 12. The van der Waals surface area contributed by atoms with E-state index in [1.54, 1.807) is 30.3 Å². The van der Waals surface area contributed by atoms with Crippen molar-refractivity contribution < 1.29 is 82.3 Å². The Morgan fingerprint density at radius 1 is 0.608 bits per heavy atom. The molecule has 27 nitrogen and oxygen atoms in total. The first-order valence-electron chi connectivity index (χ1n) is 23.1. The van der Waals surface area contributed by atoms with E-state index in [0.717, 1.165) is 6.92 Å². The van der Waals surface area contributed by atoms with E-state index >= 15 is 0 Å². The standard InChI is InChI=1S/C45H58N10O17.C2H6/c1-24(56)49-34-23-72-16-6-5-15-71-22-33(39(47)64)55-43(68)31(19-35(46)58)53-44(69)32(20-38(62)63)54-41(66)29(18-26-9-11-27(57)12-10-26)50-36(59)21-48-40(65)28(13-14-37(60)61)51-42(67)30(52-45(34)70)17-25-7-3-2-4-8-25;1-2/h2-12,28-34,57H,13-23H2,1H3,(H2,46,58)(H2,47,64)(H,48,65)(H,49,56)(H,50,59)(H,51,67)(H,52,70)(H,53,69)(H,54,66)(H,55,68)(H,60,61)(H,62,63);1-2H3/b6-5-;. The van der Waals surface area contributed by atoms with Crippen LogP contribution < -0.4 is 54.0 Å². The maximum Gasteiger partial charge on any atom is 0.305 e. The van der Waals surface area contributed by atoms with Crippen LogP contribution in [0.25, 0.3) is 0 Å². The molecule has 1 aliphatic rings. The topological polar surface area (TPSA) is 432 Å². The van der Waals surface area contributed by atoms with E-state index in [2.05, 4.69) is 42.5 Å². The van der Waals surface area contributed by atoms with Crippen LogP contribution in [0.2, 0.25) is 0 Å². The van der Waals surface area contributed by atoms with Crippen molar-refractivity contribution in [2.75, 3.05) is 33.0 Å². The van der Waals surface area contributed by atoms with E-state index in [1.165, 1.54) is 36.4 Å². The lowest BCUT2D eigenvalue weighted by Crippen LogP contribution is -2.60. The number of phenols is 1. The maximum atomic E-state index is 14.0. The summed E-state index contributed by atoms with van der Waals surface area (Å²) < 4.78 is 11.0. The van der Waals surface area contributed by atoms with Crippen molar-refractivity contribution in [1.29, 1.82) is 0 Å². The van der Waals surface area contributed by atoms with Gasteiger partial charge >= 0.3 is 11.9 Å². The summed E-state index contributed by atoms with van der Waals surface area (Å²) in [6.07, 6.45) is -0.909. The van der Waals surface area contributed by atoms with Crippen LogP contribution in [0.15, 0.2) is 66.7 Å². The van der Waals surface area contributed by atoms with Gasteiger partial charge in [-0.15, -0.1) is 0 Å². The molecule has 7 unspecified atom stereocenters. The van der Waals surface area contributed by atoms with E-state index < -0.39 is 159 Å². The second kappa shape index (κ2) is 32.5. The summed E-state index contributed by atoms with van der Waals surface area (Å²) in [4.78, 5) is 156. The number of ether oxygens (including phenoxy) is 2. The third-order valence-corrected chi connectivity index (χ3v) is 10.2. The van der Waals surface area contributed by atoms with Crippen LogP contribution in [0.5, 0.6) is 5.75 Å². The number of benzene rings is 2. The molecule has 0 saturated carbocycles. The van der Waals surface area contributed by atoms with Crippen LogP contribution in [0, 0.1) is 0 Å². The van der Waals surface area contributed by atoms with Crippen molar-refractivity contribution in [2.24, 2.45) is 11.5 Å². The number of carbonyl (C=O) groups excluding carboxylic acids is 10. The Morgan fingerprint density at radius 2 is 1.11 bits per heavy atom. The number of nitrogens with two attached hydrogens (primary N) is 2. The average molecular weight is 1040 g/mol. The Morgan fingerprint density at radius 3 is 1.65 bits per heavy atom. The molecule has 2 aromatic carbocycles. The molecule has 7 atom stereocenters. The van der Waals surface area contributed by atoms with Gasteiger partial charge in [-0.3, -0.25) is 57.5 Å². The van der Waals surface area contributed by atoms with Crippen LogP contribution in [-0.2, 0) is 79.8 Å². The lowest BCUT2D eigenvalue weighted by molar-refractivity contribution is -0.142. The smallest absolute Gasteiger partial charge is 0.305 e. The molecule has 0 bridgehead atoms. The highest BCUT2D eigenvalue weighted by Gasteiger charge is 2.34. The molecule has 1 heterocycles. The molecule has 0 radical (unpaired) electrons. The molecular formula is C47H64N10O17. The number of carboxylic acids is 2. The van der Waals surface area contributed by atoms with Crippen LogP contribution in [0.1, 0.15) is 57.6 Å². The molecule has 0 aliphatic carbocycles. The fraction of sp³-hybridized carbons (Fsp3) is 0.447. The summed E-state index contributed by atoms with van der Waals surface area (Å²) in [5.74, 6) is -13.8. The number of hydrogen-bond acceptors (Lipinski definition) is 15. The number of primary amides is 2. The predicted molar refractivity (Wildman–Crippen MR) is 258 cm³/mol. The number of nitrogens with one attached hydrogen (secondary N) is 8. The van der Waals surface area contributed by atoms with E-state index in [0.29, 0.717) is 11.1 Å². The van der Waals surface area contributed by atoms with Crippen LogP contribution >= 0.6 is 0 Å². The molecule has 10 amide bonds. The van der Waals surface area contributed by atoms with E-state index in [-0.39, 0.29) is 31.8 Å². The van der Waals surface area contributed by atoms with Crippen molar-refractivity contribution in [2.45, 2.75) is 102 Å². The van der Waals surface area contributed by atoms with Gasteiger partial charge in [0.05, 0.1) is 45.8 Å². The molecule has 2 aromatic rings. The maximum absolute atomic E-state index is 14.0. The molecule has 1 aliphatic heterocycles. The van der Waals surface area contributed by atoms with Gasteiger partial charge in [0.25, 0.3) is 0 Å². The Labute approximate surface area is 424 Å². The highest BCUT2D eigenvalue weighted by atomic mass is 16.5. The summed E-state index contributed by atoms with van der Waals surface area (Å²) >= 11 is 0. The zero-order valence-electron chi connectivity index (χ0n) is 40.9. The fourth-order valence-corrected chi connectivity index (χ4v) is 6.63. The number of rotatable bonds is 13. The summed E-state index contributed by atoms with van der Waals surface area (Å²) in [6, 6.07) is 1.92. The lowest BCUT2D eigenvalue weighted by Gasteiger charge is -2.26. The van der Waals surface area contributed by atoms with Gasteiger partial charge in [0.2, 0.25) is 59.1 Å². The summed E-state index contributed by atoms with van der Waals surface area (Å²) in [5, 5.41) is 47.5. The first kappa shape index (κ1) is 61.7. The van der Waals surface area contributed by atoms with Crippen molar-refractivity contribution in [3.63, 3.8) is 0 Å². The molecule has 15 N–H and O–H groups in total. The van der Waals surface area contributed by atoms with Crippen molar-refractivity contribution in [3.05, 3.63) is 77.9 Å². The monoisotopic (exact) mass is 1040 g/mol. The van der Waals surface area contributed by atoms with Crippen molar-refractivity contribution in [1.82, 2.24) is 42.5 Å². The second-order valence-electron chi connectivity index (χ2n) is 16.1. The number of aliphatic carboxylic acids is 2. The Kier molecular flexibility index (Phi) is 27.1. The zero-order valence-corrected chi connectivity index (χ0v) is 40.9. The third-order valence-electron chi connectivity index (χ3n) is 10.2. The third kappa shape index (κ3) is 23.6. The van der Waals surface area contributed by atoms with Crippen LogP contribution in [0.4, 0.5) is 0 Å². The van der Waals surface area contributed by atoms with Crippen LogP contribution in [0.3, 0.4) is 0 Å². The zero-order chi connectivity index (χ0) is 55.3. The van der Waals surface area contributed by atoms with E-state index in [9.17, 15) is 72.9 Å². The molecule has 0 fully saturated rings. The first-order chi connectivity index (χ1) is 35.1. The molecule has 0 aromatic heterocycles. The lowest BCUT2D eigenvalue weighted by atomic mass is 10.0. The SMILES string of the molecule is CC.CC(=O)NC1COC/C=C\COCC(C(N)=O)NC(=O)C(CC(N)=O)NC(=O)C(CC(=O)O)NC(=O)C(Cc2ccc(O)cc2)NC(=O)CNC(=O)C(CCC(=O)O)NC(=O)C(Cc2ccccc2)NC1=O. The minimum atomic E-state index is -2.01. The summed E-state index contributed by atoms with van der Waals surface area (Å²) in [7, 11) is 0. The largest absolute Gasteiger partial charge is 0.508 e. The highest BCUT2D eigenvalue weighted by Crippen LogP contribution is 2.13. The Bertz CT molecular complexity index is 2320. The first-order valence-corrected chi connectivity index (χ1v) is 23.1. The molecule has 27 heteroatoms. The quantitative estimate of drug-likeness (QED) is 0.0851. The molecule has 0 saturated heterocycles. The molecule has 74 heavy (non-hydrogen) atoms. The number of carboxylic acid groups (broad SMARTS) is 2. The Hall–Kier alpha value is -8.46. The van der Waals surface area contributed by atoms with Crippen LogP contribution in [-0.4, -0.2) is 162 Å². The van der Waals surface area contributed by atoms with Gasteiger partial charge in [-0.05, 0) is 29.7 Å². The summed E-state index contributed by atoms with van der Waals surface area (Å²) in [6.45, 7) is 2.83. The van der Waals surface area contributed by atoms with Crippen molar-refractivity contribution in [3.8, 4) is 5.75 Å². The minimum absolute atomic E-state index is 0.168. The molecule has 0 spiro atoms. The van der Waals surface area contributed by atoms with Crippen molar-refractivity contribution >= 4 is 71.0 Å². The number of amides is 10. The number of hydrogen-bond donors (Lipinski definition) is 13. The highest BCUT2D eigenvalue weighted by molar-refractivity contribution is 5.99. The van der Waals surface area contributed by atoms with Gasteiger partial charge in [0.1, 0.15) is 48.0 Å². The van der Waals surface area contributed by atoms with Gasteiger partial charge in [0.15, 0.2) is 0 Å².